The quantitative estimate of drug-likeness (QED) is 0.614. The Morgan fingerprint density at radius 1 is 1.07 bits per heavy atom. The van der Waals surface area contributed by atoms with Gasteiger partial charge in [0.25, 0.3) is 5.91 Å². The molecule has 1 aromatic heterocycles. The molecule has 3 nitrogen and oxygen atoms in total. The van der Waals surface area contributed by atoms with Gasteiger partial charge in [0.1, 0.15) is 5.82 Å². The maximum atomic E-state index is 13.8. The summed E-state index contributed by atoms with van der Waals surface area (Å²) in [6.45, 7) is 4.12. The van der Waals surface area contributed by atoms with Crippen molar-refractivity contribution in [2.45, 2.75) is 51.5 Å². The number of hydrogen-bond donors (Lipinski definition) is 1. The van der Waals surface area contributed by atoms with E-state index < -0.39 is 0 Å². The number of halogens is 1. The van der Waals surface area contributed by atoms with Gasteiger partial charge in [-0.05, 0) is 93.3 Å². The van der Waals surface area contributed by atoms with Crippen LogP contribution >= 0.6 is 0 Å². The van der Waals surface area contributed by atoms with Crippen molar-refractivity contribution < 1.29 is 9.18 Å². The van der Waals surface area contributed by atoms with Gasteiger partial charge in [-0.15, -0.1) is 0 Å². The van der Waals surface area contributed by atoms with Gasteiger partial charge in [0, 0.05) is 23.2 Å². The van der Waals surface area contributed by atoms with Crippen LogP contribution in [0.1, 0.15) is 60.0 Å². The molecule has 1 fully saturated rings. The summed E-state index contributed by atoms with van der Waals surface area (Å²) in [6.07, 6.45) is 6.03. The van der Waals surface area contributed by atoms with E-state index >= 15 is 0 Å². The number of pyridine rings is 1. The van der Waals surface area contributed by atoms with E-state index in [4.69, 9.17) is 0 Å². The Morgan fingerprint density at radius 2 is 1.79 bits per heavy atom. The summed E-state index contributed by atoms with van der Waals surface area (Å²) in [7, 11) is 0. The van der Waals surface area contributed by atoms with Gasteiger partial charge in [-0.3, -0.25) is 9.78 Å². The minimum atomic E-state index is -0.215. The zero-order chi connectivity index (χ0) is 20.4. The van der Waals surface area contributed by atoms with E-state index in [9.17, 15) is 9.18 Å². The van der Waals surface area contributed by atoms with Crippen LogP contribution in [0.2, 0.25) is 0 Å². The van der Waals surface area contributed by atoms with Gasteiger partial charge in [-0.2, -0.15) is 0 Å². The first kappa shape index (κ1) is 19.6. The topological polar surface area (TPSA) is 42.0 Å². The van der Waals surface area contributed by atoms with Crippen molar-refractivity contribution in [1.82, 2.24) is 10.3 Å². The third kappa shape index (κ3) is 4.31. The fraction of sp³-hybridized carbons (Fsp3) is 0.360. The predicted molar refractivity (Wildman–Crippen MR) is 115 cm³/mol. The molecule has 1 saturated carbocycles. The summed E-state index contributed by atoms with van der Waals surface area (Å²) in [5, 5.41) is 4.11. The Labute approximate surface area is 171 Å². The molecule has 0 aliphatic heterocycles. The van der Waals surface area contributed by atoms with Crippen LogP contribution in [0.4, 0.5) is 4.39 Å². The van der Waals surface area contributed by atoms with Gasteiger partial charge in [0.15, 0.2) is 0 Å². The fourth-order valence-corrected chi connectivity index (χ4v) is 4.54. The van der Waals surface area contributed by atoms with Crippen LogP contribution in [0.3, 0.4) is 0 Å². The molecule has 29 heavy (non-hydrogen) atoms. The van der Waals surface area contributed by atoms with Gasteiger partial charge in [-0.25, -0.2) is 4.39 Å². The molecular weight excluding hydrogens is 363 g/mol. The van der Waals surface area contributed by atoms with Crippen molar-refractivity contribution in [3.8, 4) is 0 Å². The fourth-order valence-electron chi connectivity index (χ4n) is 4.54. The highest BCUT2D eigenvalue weighted by molar-refractivity contribution is 5.94. The van der Waals surface area contributed by atoms with Crippen LogP contribution < -0.4 is 5.32 Å². The van der Waals surface area contributed by atoms with E-state index in [-0.39, 0.29) is 17.8 Å². The molecule has 1 aliphatic rings. The third-order valence-electron chi connectivity index (χ3n) is 6.33. The molecule has 3 aromatic rings. The lowest BCUT2D eigenvalue weighted by molar-refractivity contribution is 0.0918. The third-order valence-corrected chi connectivity index (χ3v) is 6.33. The van der Waals surface area contributed by atoms with Gasteiger partial charge in [0.2, 0.25) is 0 Å². The summed E-state index contributed by atoms with van der Waals surface area (Å²) >= 11 is 0. The zero-order valence-corrected chi connectivity index (χ0v) is 17.0. The number of aryl methyl sites for hydroxylation is 1. The number of rotatable bonds is 4. The van der Waals surface area contributed by atoms with Crippen molar-refractivity contribution in [2.24, 2.45) is 5.92 Å². The monoisotopic (exact) mass is 390 g/mol. The minimum Gasteiger partial charge on any atom is -0.349 e. The number of benzene rings is 2. The lowest BCUT2D eigenvalue weighted by atomic mass is 9.75. The van der Waals surface area contributed by atoms with Gasteiger partial charge in [0.05, 0.1) is 5.52 Å². The average Bonchev–Trinajstić information content (AvgIpc) is 2.74. The number of nitrogens with one attached hydrogen (secondary N) is 1. The maximum Gasteiger partial charge on any atom is 0.251 e. The molecule has 1 atom stereocenters. The Hall–Kier alpha value is -2.75. The highest BCUT2D eigenvalue weighted by Crippen LogP contribution is 2.39. The van der Waals surface area contributed by atoms with E-state index in [2.05, 4.69) is 17.2 Å². The molecule has 1 heterocycles. The van der Waals surface area contributed by atoms with Crippen molar-refractivity contribution in [3.05, 3.63) is 77.2 Å². The van der Waals surface area contributed by atoms with Crippen molar-refractivity contribution >= 4 is 16.8 Å². The number of amides is 1. The summed E-state index contributed by atoms with van der Waals surface area (Å²) in [5.41, 5.74) is 3.91. The number of fused-ring (bicyclic) bond motifs is 1. The smallest absolute Gasteiger partial charge is 0.251 e. The minimum absolute atomic E-state index is 0.00442. The number of carbonyl (C=O) groups excluding carboxylic acids is 1. The summed E-state index contributed by atoms with van der Waals surface area (Å²) < 4.78 is 13.8. The predicted octanol–water partition coefficient (Wildman–Crippen LogP) is 5.77. The Morgan fingerprint density at radius 3 is 2.52 bits per heavy atom. The zero-order valence-electron chi connectivity index (χ0n) is 17.0. The van der Waals surface area contributed by atoms with Gasteiger partial charge in [-0.1, -0.05) is 17.7 Å². The number of hydrogen-bond acceptors (Lipinski definition) is 2. The SMILES string of the molecule is Cc1ccc(C(=O)N[C@H](C)C2CCC(c3ccnc4ccc(F)cc34)CC2)cc1. The van der Waals surface area contributed by atoms with Crippen molar-refractivity contribution in [3.63, 3.8) is 0 Å². The second-order valence-electron chi connectivity index (χ2n) is 8.30. The second-order valence-corrected chi connectivity index (χ2v) is 8.30. The highest BCUT2D eigenvalue weighted by Gasteiger charge is 2.28. The van der Waals surface area contributed by atoms with Crippen molar-refractivity contribution in [1.29, 1.82) is 0 Å². The molecular formula is C25H27FN2O. The molecule has 1 aliphatic carbocycles. The number of carbonyl (C=O) groups is 1. The van der Waals surface area contributed by atoms with E-state index in [1.54, 1.807) is 12.1 Å². The molecule has 150 valence electrons. The molecule has 0 bridgehead atoms. The van der Waals surface area contributed by atoms with Gasteiger partial charge < -0.3 is 5.32 Å². The van der Waals surface area contributed by atoms with E-state index in [0.29, 0.717) is 17.4 Å². The highest BCUT2D eigenvalue weighted by atomic mass is 19.1. The molecule has 4 heteroatoms. The molecule has 4 rings (SSSR count). The van der Waals surface area contributed by atoms with Crippen LogP contribution in [0.15, 0.2) is 54.7 Å². The first-order valence-corrected chi connectivity index (χ1v) is 10.4. The maximum absolute atomic E-state index is 13.8. The van der Waals surface area contributed by atoms with E-state index in [1.807, 2.05) is 43.5 Å². The summed E-state index contributed by atoms with van der Waals surface area (Å²) in [5.74, 6) is 0.659. The Kier molecular flexibility index (Phi) is 5.61. The van der Waals surface area contributed by atoms with Crippen molar-refractivity contribution in [2.75, 3.05) is 0 Å². The van der Waals surface area contributed by atoms with Crippen LogP contribution in [0, 0.1) is 18.7 Å². The first-order valence-electron chi connectivity index (χ1n) is 10.4. The number of nitrogens with zero attached hydrogens (tertiary/aromatic N) is 1. The Balaban J connectivity index is 1.40. The second kappa shape index (κ2) is 8.32. The van der Waals surface area contributed by atoms with E-state index in [0.717, 1.165) is 42.1 Å². The molecule has 0 saturated heterocycles. The lowest BCUT2D eigenvalue weighted by Crippen LogP contribution is -2.39. The first-order chi connectivity index (χ1) is 14.0. The Bertz CT molecular complexity index is 1010. The average molecular weight is 391 g/mol. The molecule has 0 unspecified atom stereocenters. The summed E-state index contributed by atoms with van der Waals surface area (Å²) in [6, 6.07) is 14.7. The van der Waals surface area contributed by atoms with Crippen LogP contribution in [0.5, 0.6) is 0 Å². The standard InChI is InChI=1S/C25H27FN2O/c1-16-3-5-20(6-4-16)25(29)28-17(2)18-7-9-19(10-8-18)22-13-14-27-24-12-11-21(26)15-23(22)24/h3-6,11-15,17-19H,7-10H2,1-2H3,(H,28,29)/t17-,18?,19?/m1/s1. The molecule has 1 N–H and O–H groups in total. The summed E-state index contributed by atoms with van der Waals surface area (Å²) in [4.78, 5) is 16.9. The largest absolute Gasteiger partial charge is 0.349 e. The lowest BCUT2D eigenvalue weighted by Gasteiger charge is -2.33. The van der Waals surface area contributed by atoms with Crippen LogP contribution in [0.25, 0.3) is 10.9 Å². The molecule has 1 amide bonds. The van der Waals surface area contributed by atoms with Crippen LogP contribution in [-0.2, 0) is 0 Å². The normalized spacial score (nSPS) is 20.4. The molecule has 0 spiro atoms. The van der Waals surface area contributed by atoms with E-state index in [1.165, 1.54) is 11.6 Å². The van der Waals surface area contributed by atoms with Gasteiger partial charge >= 0.3 is 0 Å². The number of aromatic nitrogens is 1. The molecule has 0 radical (unpaired) electrons. The van der Waals surface area contributed by atoms with Crippen LogP contribution in [-0.4, -0.2) is 16.9 Å². The molecule has 2 aromatic carbocycles.